The zero-order valence-electron chi connectivity index (χ0n) is 14.4. The minimum atomic E-state index is -0.218. The summed E-state index contributed by atoms with van der Waals surface area (Å²) in [4.78, 5) is 10.8. The number of rotatable bonds is 5. The first-order valence-electron chi connectivity index (χ1n) is 7.87. The van der Waals surface area contributed by atoms with Crippen LogP contribution in [-0.4, -0.2) is 5.12 Å². The van der Waals surface area contributed by atoms with Crippen LogP contribution in [-0.2, 0) is 4.79 Å². The maximum absolute atomic E-state index is 10.8. The molecule has 22 heavy (non-hydrogen) atoms. The third-order valence-electron chi connectivity index (χ3n) is 4.12. The van der Waals surface area contributed by atoms with Crippen molar-refractivity contribution in [2.75, 3.05) is 0 Å². The zero-order valence-corrected chi connectivity index (χ0v) is 15.3. The SMILES string of the molecule is CC1=C(/C=C/C(C)=C/C=C/C(C)=C/C(=O)S)C(C)(C)CCC1. The first-order chi connectivity index (χ1) is 10.2. The van der Waals surface area contributed by atoms with Gasteiger partial charge in [0.25, 0.3) is 0 Å². The highest BCUT2D eigenvalue weighted by Gasteiger charge is 2.26. The fourth-order valence-electron chi connectivity index (χ4n) is 2.88. The van der Waals surface area contributed by atoms with Gasteiger partial charge in [0.05, 0.1) is 0 Å². The van der Waals surface area contributed by atoms with E-state index in [-0.39, 0.29) is 10.5 Å². The predicted octanol–water partition coefficient (Wildman–Crippen LogP) is 5.97. The molecule has 0 fully saturated rings. The summed E-state index contributed by atoms with van der Waals surface area (Å²) < 4.78 is 0. The van der Waals surface area contributed by atoms with Crippen molar-refractivity contribution in [2.45, 2.75) is 53.9 Å². The Balaban J connectivity index is 2.79. The highest BCUT2D eigenvalue weighted by atomic mass is 32.1. The van der Waals surface area contributed by atoms with E-state index in [4.69, 9.17) is 0 Å². The van der Waals surface area contributed by atoms with Crippen molar-refractivity contribution >= 4 is 17.7 Å². The molecular formula is C20H28OS. The smallest absolute Gasteiger partial charge is 0.209 e. The Morgan fingerprint density at radius 1 is 1.18 bits per heavy atom. The van der Waals surface area contributed by atoms with Crippen molar-refractivity contribution < 1.29 is 4.79 Å². The van der Waals surface area contributed by atoms with Crippen molar-refractivity contribution in [3.05, 3.63) is 58.7 Å². The lowest BCUT2D eigenvalue weighted by Gasteiger charge is -2.32. The molecule has 0 atom stereocenters. The molecule has 2 heteroatoms. The fraction of sp³-hybridized carbons (Fsp3) is 0.450. The second-order valence-electron chi connectivity index (χ2n) is 6.76. The Hall–Kier alpha value is -1.28. The number of thiol groups is 1. The van der Waals surface area contributed by atoms with Crippen molar-refractivity contribution in [1.29, 1.82) is 0 Å². The number of allylic oxidation sites excluding steroid dienone is 9. The molecule has 0 heterocycles. The average Bonchev–Trinajstić information content (AvgIpc) is 2.36. The summed E-state index contributed by atoms with van der Waals surface area (Å²) >= 11 is 3.74. The second-order valence-corrected chi connectivity index (χ2v) is 7.20. The Labute approximate surface area is 141 Å². The van der Waals surface area contributed by atoms with E-state index in [1.165, 1.54) is 42.1 Å². The van der Waals surface area contributed by atoms with Gasteiger partial charge in [0.2, 0.25) is 5.12 Å². The molecule has 0 amide bonds. The van der Waals surface area contributed by atoms with E-state index in [1.54, 1.807) is 0 Å². The van der Waals surface area contributed by atoms with Crippen LogP contribution in [0.15, 0.2) is 58.7 Å². The van der Waals surface area contributed by atoms with Crippen LogP contribution in [0.1, 0.15) is 53.9 Å². The van der Waals surface area contributed by atoms with Crippen LogP contribution in [0.2, 0.25) is 0 Å². The quantitative estimate of drug-likeness (QED) is 0.375. The van der Waals surface area contributed by atoms with Gasteiger partial charge in [-0.15, -0.1) is 12.6 Å². The minimum Gasteiger partial charge on any atom is -0.283 e. The molecule has 1 nitrogen and oxygen atoms in total. The first-order valence-corrected chi connectivity index (χ1v) is 8.31. The standard InChI is InChI=1S/C20H28OS/c1-15(8-6-9-16(2)14-19(21)22)11-12-18-17(3)10-7-13-20(18,4)5/h6,8-9,11-12,14H,7,10,13H2,1-5H3,(H,21,22)/b9-6+,12-11+,15-8+,16-14+. The second kappa shape index (κ2) is 8.38. The number of hydrogen-bond acceptors (Lipinski definition) is 1. The van der Waals surface area contributed by atoms with E-state index >= 15 is 0 Å². The normalized spacial score (nSPS) is 20.3. The summed E-state index contributed by atoms with van der Waals surface area (Å²) in [7, 11) is 0. The molecule has 0 saturated heterocycles. The lowest BCUT2D eigenvalue weighted by molar-refractivity contribution is -0.106. The van der Waals surface area contributed by atoms with Gasteiger partial charge in [-0.25, -0.2) is 0 Å². The molecule has 0 bridgehead atoms. The van der Waals surface area contributed by atoms with Crippen LogP contribution < -0.4 is 0 Å². The number of carbonyl (C=O) groups excluding carboxylic acids is 1. The molecule has 0 radical (unpaired) electrons. The first kappa shape index (κ1) is 18.8. The molecule has 0 unspecified atom stereocenters. The van der Waals surface area contributed by atoms with Crippen LogP contribution in [0.25, 0.3) is 0 Å². The third kappa shape index (κ3) is 6.23. The molecule has 1 rings (SSSR count). The summed E-state index contributed by atoms with van der Waals surface area (Å²) in [6.45, 7) is 10.9. The van der Waals surface area contributed by atoms with E-state index in [2.05, 4.69) is 58.6 Å². The molecule has 0 N–H and O–H groups in total. The minimum absolute atomic E-state index is 0.218. The van der Waals surface area contributed by atoms with Gasteiger partial charge in [0, 0.05) is 0 Å². The van der Waals surface area contributed by atoms with E-state index in [1.807, 2.05) is 19.1 Å². The number of hydrogen-bond donors (Lipinski definition) is 1. The van der Waals surface area contributed by atoms with Crippen LogP contribution in [0.5, 0.6) is 0 Å². The van der Waals surface area contributed by atoms with Crippen molar-refractivity contribution in [1.82, 2.24) is 0 Å². The van der Waals surface area contributed by atoms with Crippen molar-refractivity contribution in [3.8, 4) is 0 Å². The van der Waals surface area contributed by atoms with Gasteiger partial charge in [-0.05, 0) is 62.7 Å². The molecule has 120 valence electrons. The van der Waals surface area contributed by atoms with Crippen LogP contribution in [0.4, 0.5) is 0 Å². The summed E-state index contributed by atoms with van der Waals surface area (Å²) in [6, 6.07) is 0. The Bertz CT molecular complexity index is 569. The van der Waals surface area contributed by atoms with Gasteiger partial charge < -0.3 is 0 Å². The number of carbonyl (C=O) groups is 1. The van der Waals surface area contributed by atoms with Gasteiger partial charge in [0.1, 0.15) is 0 Å². The molecule has 0 aromatic rings. The molecule has 0 aliphatic heterocycles. The third-order valence-corrected chi connectivity index (χ3v) is 4.25. The Morgan fingerprint density at radius 3 is 2.45 bits per heavy atom. The van der Waals surface area contributed by atoms with Gasteiger partial charge in [-0.3, -0.25) is 4.79 Å². The fourth-order valence-corrected chi connectivity index (χ4v) is 3.08. The highest BCUT2D eigenvalue weighted by molar-refractivity contribution is 7.97. The lowest BCUT2D eigenvalue weighted by atomic mass is 9.72. The zero-order chi connectivity index (χ0) is 16.8. The maximum Gasteiger partial charge on any atom is 0.209 e. The summed E-state index contributed by atoms with van der Waals surface area (Å²) in [5, 5.41) is -0.218. The molecule has 1 aliphatic carbocycles. The highest BCUT2D eigenvalue weighted by Crippen LogP contribution is 2.40. The van der Waals surface area contributed by atoms with Crippen molar-refractivity contribution in [2.24, 2.45) is 5.41 Å². The van der Waals surface area contributed by atoms with Gasteiger partial charge in [0.15, 0.2) is 0 Å². The van der Waals surface area contributed by atoms with Gasteiger partial charge in [-0.1, -0.05) is 55.4 Å². The van der Waals surface area contributed by atoms with E-state index in [9.17, 15) is 4.79 Å². The topological polar surface area (TPSA) is 17.1 Å². The average molecular weight is 317 g/mol. The van der Waals surface area contributed by atoms with E-state index < -0.39 is 0 Å². The largest absolute Gasteiger partial charge is 0.283 e. The van der Waals surface area contributed by atoms with Crippen molar-refractivity contribution in [3.63, 3.8) is 0 Å². The van der Waals surface area contributed by atoms with Crippen LogP contribution in [0, 0.1) is 5.41 Å². The summed E-state index contributed by atoms with van der Waals surface area (Å²) in [6.07, 6.45) is 15.7. The summed E-state index contributed by atoms with van der Waals surface area (Å²) in [5.41, 5.74) is 5.37. The monoisotopic (exact) mass is 316 g/mol. The molecular weight excluding hydrogens is 288 g/mol. The van der Waals surface area contributed by atoms with E-state index in [0.717, 1.165) is 5.57 Å². The molecule has 0 saturated carbocycles. The molecule has 0 spiro atoms. The summed E-state index contributed by atoms with van der Waals surface area (Å²) in [5.74, 6) is 0. The van der Waals surface area contributed by atoms with Crippen LogP contribution >= 0.6 is 12.6 Å². The van der Waals surface area contributed by atoms with Gasteiger partial charge >= 0.3 is 0 Å². The van der Waals surface area contributed by atoms with E-state index in [0.29, 0.717) is 0 Å². The maximum atomic E-state index is 10.8. The predicted molar refractivity (Wildman–Crippen MR) is 100 cm³/mol. The van der Waals surface area contributed by atoms with Crippen LogP contribution in [0.3, 0.4) is 0 Å². The Kier molecular flexibility index (Phi) is 7.15. The lowest BCUT2D eigenvalue weighted by Crippen LogP contribution is -2.19. The molecule has 0 aromatic heterocycles. The van der Waals surface area contributed by atoms with Gasteiger partial charge in [-0.2, -0.15) is 0 Å². The molecule has 0 aromatic carbocycles. The Morgan fingerprint density at radius 2 is 1.86 bits per heavy atom. The molecule has 1 aliphatic rings.